The molecule has 0 spiro atoms. The molecule has 0 saturated carbocycles. The summed E-state index contributed by atoms with van der Waals surface area (Å²) in [5.74, 6) is 0.437. The highest BCUT2D eigenvalue weighted by atomic mass is 15.1. The van der Waals surface area contributed by atoms with Crippen LogP contribution >= 0.6 is 0 Å². The number of unbranched alkanes of at least 4 members (excludes halogenated alkanes) is 1. The number of nitrogens with zero attached hydrogens (tertiary/aromatic N) is 1. The largest absolute Gasteiger partial charge is 0.309 e. The van der Waals surface area contributed by atoms with Crippen molar-refractivity contribution in [1.82, 2.24) is 4.90 Å². The first kappa shape index (κ1) is 11.7. The molecule has 0 unspecified atom stereocenters. The molecule has 2 atom stereocenters. The van der Waals surface area contributed by atoms with E-state index in [9.17, 15) is 0 Å². The van der Waals surface area contributed by atoms with Crippen molar-refractivity contribution < 1.29 is 1.37 Å². The van der Waals surface area contributed by atoms with Gasteiger partial charge in [0.1, 0.15) is 0 Å². The van der Waals surface area contributed by atoms with Crippen molar-refractivity contribution in [1.29, 1.82) is 0 Å². The van der Waals surface area contributed by atoms with Gasteiger partial charge in [-0.3, -0.25) is 0 Å². The molecule has 0 radical (unpaired) electrons. The van der Waals surface area contributed by atoms with Gasteiger partial charge in [-0.2, -0.15) is 0 Å². The van der Waals surface area contributed by atoms with Gasteiger partial charge in [-0.05, 0) is 38.4 Å². The minimum absolute atomic E-state index is 0.0925. The SMILES string of the molecule is [2H][C@H](c1ccccc1)[C@@H](CCCC)CN(C)C. The molecule has 0 aliphatic rings. The summed E-state index contributed by atoms with van der Waals surface area (Å²) < 4.78 is 8.42. The smallest absolute Gasteiger partial charge is 0.0319 e. The third kappa shape index (κ3) is 5.32. The molecule has 16 heavy (non-hydrogen) atoms. The van der Waals surface area contributed by atoms with Gasteiger partial charge in [0.05, 0.1) is 0 Å². The second-order valence-electron chi connectivity index (χ2n) is 4.74. The van der Waals surface area contributed by atoms with Crippen LogP contribution in [0.5, 0.6) is 0 Å². The lowest BCUT2D eigenvalue weighted by molar-refractivity contribution is 0.305. The van der Waals surface area contributed by atoms with Gasteiger partial charge in [-0.15, -0.1) is 0 Å². The first-order valence-electron chi connectivity index (χ1n) is 6.84. The van der Waals surface area contributed by atoms with Crippen LogP contribution in [0.15, 0.2) is 30.3 Å². The van der Waals surface area contributed by atoms with Crippen molar-refractivity contribution in [2.45, 2.75) is 32.6 Å². The highest BCUT2D eigenvalue weighted by Gasteiger charge is 2.10. The maximum atomic E-state index is 8.42. The van der Waals surface area contributed by atoms with E-state index in [1.807, 2.05) is 18.2 Å². The summed E-state index contributed by atoms with van der Waals surface area (Å²) in [6, 6.07) is 10.2. The lowest BCUT2D eigenvalue weighted by Gasteiger charge is -2.21. The predicted molar refractivity (Wildman–Crippen MR) is 71.7 cm³/mol. The van der Waals surface area contributed by atoms with Crippen LogP contribution in [0.3, 0.4) is 0 Å². The van der Waals surface area contributed by atoms with Crippen molar-refractivity contribution in [3.63, 3.8) is 0 Å². The van der Waals surface area contributed by atoms with Crippen LogP contribution < -0.4 is 0 Å². The van der Waals surface area contributed by atoms with Crippen molar-refractivity contribution in [2.24, 2.45) is 5.92 Å². The van der Waals surface area contributed by atoms with Crippen molar-refractivity contribution in [3.8, 4) is 0 Å². The van der Waals surface area contributed by atoms with E-state index in [-0.39, 0.29) is 6.40 Å². The lowest BCUT2D eigenvalue weighted by atomic mass is 9.94. The fourth-order valence-corrected chi connectivity index (χ4v) is 2.00. The summed E-state index contributed by atoms with van der Waals surface area (Å²) in [5, 5.41) is 0. The minimum Gasteiger partial charge on any atom is -0.309 e. The molecule has 1 rings (SSSR count). The molecular formula is C15H25N. The van der Waals surface area contributed by atoms with Crippen LogP contribution in [0.1, 0.15) is 33.1 Å². The number of rotatable bonds is 7. The third-order valence-electron chi connectivity index (χ3n) is 2.76. The predicted octanol–water partition coefficient (Wildman–Crippen LogP) is 3.60. The molecule has 0 saturated heterocycles. The third-order valence-corrected chi connectivity index (χ3v) is 2.76. The molecule has 0 amide bonds. The molecule has 1 heteroatoms. The normalized spacial score (nSPS) is 15.9. The van der Waals surface area contributed by atoms with Crippen LogP contribution in [0.2, 0.25) is 0 Å². The van der Waals surface area contributed by atoms with E-state index >= 15 is 0 Å². The van der Waals surface area contributed by atoms with Gasteiger partial charge < -0.3 is 4.90 Å². The van der Waals surface area contributed by atoms with Gasteiger partial charge >= 0.3 is 0 Å². The Labute approximate surface area is 102 Å². The monoisotopic (exact) mass is 220 g/mol. The Bertz CT molecular complexity index is 297. The van der Waals surface area contributed by atoms with E-state index in [4.69, 9.17) is 1.37 Å². The summed E-state index contributed by atoms with van der Waals surface area (Å²) >= 11 is 0. The van der Waals surface area contributed by atoms with E-state index in [0.29, 0.717) is 5.92 Å². The van der Waals surface area contributed by atoms with Gasteiger partial charge in [0.15, 0.2) is 0 Å². The van der Waals surface area contributed by atoms with Crippen LogP contribution in [-0.2, 0) is 6.40 Å². The molecule has 0 aromatic heterocycles. The summed E-state index contributed by atoms with van der Waals surface area (Å²) in [6.45, 7) is 3.22. The second-order valence-corrected chi connectivity index (χ2v) is 4.74. The topological polar surface area (TPSA) is 3.24 Å². The maximum Gasteiger partial charge on any atom is 0.0319 e. The number of hydrogen-bond acceptors (Lipinski definition) is 1. The summed E-state index contributed by atoms with van der Waals surface area (Å²) in [7, 11) is 4.19. The molecule has 0 bridgehead atoms. The van der Waals surface area contributed by atoms with Crippen LogP contribution in [-0.4, -0.2) is 25.5 Å². The Hall–Kier alpha value is -0.820. The van der Waals surface area contributed by atoms with Crippen molar-refractivity contribution in [3.05, 3.63) is 35.9 Å². The molecule has 0 fully saturated rings. The van der Waals surface area contributed by atoms with Gasteiger partial charge in [0.2, 0.25) is 0 Å². The Kier molecular flexibility index (Phi) is 5.43. The zero-order valence-corrected chi connectivity index (χ0v) is 10.8. The van der Waals surface area contributed by atoms with Gasteiger partial charge in [0.25, 0.3) is 0 Å². The molecule has 0 aliphatic carbocycles. The Balaban J connectivity index is 2.68. The standard InChI is InChI=1S/C15H25N/c1-4-5-9-15(13-16(2)3)12-14-10-7-6-8-11-14/h6-8,10-11,15H,4-5,9,12-13H2,1-3H3/t15-/m1/s1/i12D/t12-,15-. The average molecular weight is 220 g/mol. The van der Waals surface area contributed by atoms with Crippen LogP contribution in [0.4, 0.5) is 0 Å². The van der Waals surface area contributed by atoms with Crippen LogP contribution in [0.25, 0.3) is 0 Å². The maximum absolute atomic E-state index is 8.42. The van der Waals surface area contributed by atoms with Crippen LogP contribution in [0, 0.1) is 5.92 Å². The second kappa shape index (κ2) is 7.45. The van der Waals surface area contributed by atoms with E-state index in [1.165, 1.54) is 12.8 Å². The average Bonchev–Trinajstić information content (AvgIpc) is 2.34. The van der Waals surface area contributed by atoms with E-state index in [1.54, 1.807) is 0 Å². The van der Waals surface area contributed by atoms with Crippen molar-refractivity contribution >= 4 is 0 Å². The summed E-state index contributed by atoms with van der Waals surface area (Å²) in [5.41, 5.74) is 1.15. The van der Waals surface area contributed by atoms with Gasteiger partial charge in [-0.25, -0.2) is 0 Å². The fourth-order valence-electron chi connectivity index (χ4n) is 2.00. The van der Waals surface area contributed by atoms with E-state index in [2.05, 4.69) is 38.1 Å². The molecule has 0 heterocycles. The molecule has 90 valence electrons. The van der Waals surface area contributed by atoms with E-state index in [0.717, 1.165) is 18.5 Å². The molecule has 1 nitrogen and oxygen atoms in total. The molecule has 0 aliphatic heterocycles. The number of hydrogen-bond donors (Lipinski definition) is 0. The Morgan fingerprint density at radius 2 is 1.94 bits per heavy atom. The van der Waals surface area contributed by atoms with E-state index < -0.39 is 0 Å². The quantitative estimate of drug-likeness (QED) is 0.678. The highest BCUT2D eigenvalue weighted by Crippen LogP contribution is 2.16. The first-order valence-corrected chi connectivity index (χ1v) is 6.27. The lowest BCUT2D eigenvalue weighted by Crippen LogP contribution is -2.23. The Morgan fingerprint density at radius 3 is 2.50 bits per heavy atom. The minimum atomic E-state index is -0.0925. The molecule has 1 aromatic rings. The zero-order chi connectivity index (χ0) is 12.7. The fraction of sp³-hybridized carbons (Fsp3) is 0.600. The summed E-state index contributed by atoms with van der Waals surface area (Å²) in [4.78, 5) is 2.20. The zero-order valence-electron chi connectivity index (χ0n) is 11.8. The molecule has 0 N–H and O–H groups in total. The molecular weight excluding hydrogens is 194 g/mol. The summed E-state index contributed by atoms with van der Waals surface area (Å²) in [6.07, 6.45) is 3.49. The van der Waals surface area contributed by atoms with Crippen molar-refractivity contribution in [2.75, 3.05) is 20.6 Å². The Morgan fingerprint density at radius 1 is 1.25 bits per heavy atom. The highest BCUT2D eigenvalue weighted by molar-refractivity contribution is 5.15. The molecule has 1 aromatic carbocycles. The van der Waals surface area contributed by atoms with Gasteiger partial charge in [-0.1, -0.05) is 50.1 Å². The first-order chi connectivity index (χ1) is 8.15. The van der Waals surface area contributed by atoms with Gasteiger partial charge in [0, 0.05) is 7.92 Å². The number of benzene rings is 1.